The van der Waals surface area contributed by atoms with Crippen LogP contribution in [0.3, 0.4) is 0 Å². The molecule has 1 aromatic heterocycles. The Morgan fingerprint density at radius 3 is 2.68 bits per heavy atom. The molecule has 9 heteroatoms. The summed E-state index contributed by atoms with van der Waals surface area (Å²) in [5, 5.41) is 0.0478. The van der Waals surface area contributed by atoms with Crippen LogP contribution in [-0.2, 0) is 16.7 Å². The van der Waals surface area contributed by atoms with E-state index in [0.717, 1.165) is 4.68 Å². The summed E-state index contributed by atoms with van der Waals surface area (Å²) in [6, 6.07) is 1.22. The van der Waals surface area contributed by atoms with E-state index in [9.17, 15) is 17.2 Å². The Balaban J connectivity index is 3.27. The standard InChI is InChI=1S/C13H17F2N3O3S/c1-5-8-16-10(6-2)11-9-12(18(7-3)17-11)21-22(19,20)13(4,14)15/h5-6,8-9H,2,7H2,1,3-4H3/b8-5-,16-10?. The van der Waals surface area contributed by atoms with E-state index in [-0.39, 0.29) is 25.0 Å². The minimum Gasteiger partial charge on any atom is -0.358 e. The lowest BCUT2D eigenvalue weighted by Crippen LogP contribution is -2.30. The first-order valence-corrected chi connectivity index (χ1v) is 7.78. The Bertz CT molecular complexity index is 701. The quantitative estimate of drug-likeness (QED) is 0.568. The van der Waals surface area contributed by atoms with Crippen molar-refractivity contribution in [2.45, 2.75) is 32.6 Å². The lowest BCUT2D eigenvalue weighted by molar-refractivity contribution is 0.103. The van der Waals surface area contributed by atoms with E-state index in [1.54, 1.807) is 19.9 Å². The third-order valence-electron chi connectivity index (χ3n) is 2.50. The van der Waals surface area contributed by atoms with Crippen LogP contribution < -0.4 is 4.18 Å². The summed E-state index contributed by atoms with van der Waals surface area (Å²) in [4.78, 5) is 4.05. The highest BCUT2D eigenvalue weighted by Crippen LogP contribution is 2.26. The van der Waals surface area contributed by atoms with Crippen molar-refractivity contribution in [2.24, 2.45) is 4.99 Å². The lowest BCUT2D eigenvalue weighted by Gasteiger charge is -2.12. The summed E-state index contributed by atoms with van der Waals surface area (Å²) in [5.74, 6) is -0.311. The predicted octanol–water partition coefficient (Wildman–Crippen LogP) is 2.73. The average Bonchev–Trinajstić information content (AvgIpc) is 2.80. The number of halogens is 2. The molecular weight excluding hydrogens is 316 g/mol. The van der Waals surface area contributed by atoms with Gasteiger partial charge in [0.25, 0.3) is 0 Å². The van der Waals surface area contributed by atoms with Gasteiger partial charge in [0.1, 0.15) is 5.69 Å². The maximum absolute atomic E-state index is 13.0. The molecule has 6 nitrogen and oxygen atoms in total. The lowest BCUT2D eigenvalue weighted by atomic mass is 10.2. The molecule has 0 aliphatic carbocycles. The summed E-state index contributed by atoms with van der Waals surface area (Å²) >= 11 is 0. The molecule has 0 saturated carbocycles. The maximum atomic E-state index is 13.0. The van der Waals surface area contributed by atoms with Crippen LogP contribution in [0.2, 0.25) is 0 Å². The Morgan fingerprint density at radius 1 is 1.59 bits per heavy atom. The summed E-state index contributed by atoms with van der Waals surface area (Å²) in [7, 11) is -5.09. The second-order valence-corrected chi connectivity index (χ2v) is 6.02. The topological polar surface area (TPSA) is 73.5 Å². The van der Waals surface area contributed by atoms with Crippen LogP contribution in [0.5, 0.6) is 5.88 Å². The monoisotopic (exact) mass is 333 g/mol. The zero-order valence-electron chi connectivity index (χ0n) is 12.5. The Labute approximate surface area is 127 Å². The molecule has 0 aliphatic rings. The molecule has 0 unspecified atom stereocenters. The third-order valence-corrected chi connectivity index (χ3v) is 3.76. The number of hydrogen-bond donors (Lipinski definition) is 0. The Kier molecular flexibility index (Phi) is 5.59. The van der Waals surface area contributed by atoms with Gasteiger partial charge in [-0.3, -0.25) is 4.99 Å². The molecule has 0 atom stereocenters. The first-order chi connectivity index (χ1) is 10.2. The molecule has 0 aromatic carbocycles. The molecule has 0 fully saturated rings. The first-order valence-electron chi connectivity index (χ1n) is 6.37. The normalized spacial score (nSPS) is 13.6. The number of aryl methyl sites for hydroxylation is 1. The maximum Gasteiger partial charge on any atom is 0.377 e. The zero-order valence-corrected chi connectivity index (χ0v) is 13.3. The number of aliphatic imine (C=N–C) groups is 1. The minimum atomic E-state index is -5.09. The van der Waals surface area contributed by atoms with E-state index in [1.165, 1.54) is 18.3 Å². The largest absolute Gasteiger partial charge is 0.377 e. The second kappa shape index (κ2) is 6.82. The molecule has 1 rings (SSSR count). The van der Waals surface area contributed by atoms with Gasteiger partial charge < -0.3 is 4.18 Å². The van der Waals surface area contributed by atoms with Crippen molar-refractivity contribution in [3.63, 3.8) is 0 Å². The zero-order chi connectivity index (χ0) is 17.0. The van der Waals surface area contributed by atoms with Gasteiger partial charge in [-0.25, -0.2) is 4.68 Å². The Hall–Kier alpha value is -2.03. The first kappa shape index (κ1) is 18.0. The highest BCUT2D eigenvalue weighted by Gasteiger charge is 2.42. The molecule has 1 aromatic rings. The number of allylic oxidation sites excluding steroid dienone is 2. The van der Waals surface area contributed by atoms with Gasteiger partial charge in [0, 0.05) is 25.7 Å². The highest BCUT2D eigenvalue weighted by atomic mass is 32.2. The van der Waals surface area contributed by atoms with E-state index in [1.807, 2.05) is 0 Å². The molecular formula is C13H17F2N3O3S. The van der Waals surface area contributed by atoms with Crippen LogP contribution in [0.25, 0.3) is 0 Å². The molecule has 0 radical (unpaired) electrons. The number of nitrogens with zero attached hydrogens (tertiary/aromatic N) is 3. The third kappa shape index (κ3) is 4.00. The minimum absolute atomic E-state index is 0.230. The molecule has 0 bridgehead atoms. The van der Waals surface area contributed by atoms with Crippen LogP contribution in [0.1, 0.15) is 26.5 Å². The van der Waals surface area contributed by atoms with Gasteiger partial charge >= 0.3 is 15.4 Å². The van der Waals surface area contributed by atoms with E-state index in [4.69, 9.17) is 0 Å². The van der Waals surface area contributed by atoms with Crippen molar-refractivity contribution in [1.82, 2.24) is 9.78 Å². The fourth-order valence-corrected chi connectivity index (χ4v) is 1.89. The number of aromatic nitrogens is 2. The van der Waals surface area contributed by atoms with E-state index in [0.29, 0.717) is 5.71 Å². The van der Waals surface area contributed by atoms with Crippen molar-refractivity contribution in [3.8, 4) is 5.88 Å². The van der Waals surface area contributed by atoms with Gasteiger partial charge in [-0.2, -0.15) is 22.3 Å². The molecule has 0 saturated heterocycles. The van der Waals surface area contributed by atoms with Gasteiger partial charge in [-0.15, -0.1) is 0 Å². The van der Waals surface area contributed by atoms with Gasteiger partial charge in [-0.1, -0.05) is 12.7 Å². The van der Waals surface area contributed by atoms with Crippen LogP contribution in [0.4, 0.5) is 8.78 Å². The molecule has 0 N–H and O–H groups in total. The number of alkyl halides is 2. The summed E-state index contributed by atoms with van der Waals surface area (Å²) < 4.78 is 54.6. The van der Waals surface area contributed by atoms with Gasteiger partial charge in [0.05, 0.1) is 5.71 Å². The number of hydrogen-bond acceptors (Lipinski definition) is 5. The Morgan fingerprint density at radius 2 is 2.23 bits per heavy atom. The molecule has 0 spiro atoms. The van der Waals surface area contributed by atoms with Crippen LogP contribution in [0, 0.1) is 0 Å². The van der Waals surface area contributed by atoms with Gasteiger partial charge in [0.15, 0.2) is 0 Å². The molecule has 1 heterocycles. The molecule has 22 heavy (non-hydrogen) atoms. The fraction of sp³-hybridized carbons (Fsp3) is 0.385. The molecule has 0 amide bonds. The summed E-state index contributed by atoms with van der Waals surface area (Å²) in [6.07, 6.45) is 4.59. The second-order valence-electron chi connectivity index (χ2n) is 4.23. The molecule has 0 aliphatic heterocycles. The summed E-state index contributed by atoms with van der Waals surface area (Å²) in [5.41, 5.74) is 0.621. The van der Waals surface area contributed by atoms with Crippen molar-refractivity contribution >= 4 is 15.8 Å². The fourth-order valence-electron chi connectivity index (χ4n) is 1.38. The van der Waals surface area contributed by atoms with E-state index >= 15 is 0 Å². The van der Waals surface area contributed by atoms with Crippen LogP contribution in [0.15, 0.2) is 36.0 Å². The van der Waals surface area contributed by atoms with Gasteiger partial charge in [-0.05, 0) is 19.9 Å². The summed E-state index contributed by atoms with van der Waals surface area (Å²) in [6.45, 7) is 7.48. The SMILES string of the molecule is C=CC(=N/C=C\C)c1cc(OS(=O)(=O)C(C)(F)F)n(CC)n1. The van der Waals surface area contributed by atoms with Crippen LogP contribution >= 0.6 is 0 Å². The van der Waals surface area contributed by atoms with Crippen molar-refractivity contribution in [2.75, 3.05) is 0 Å². The molecule has 122 valence electrons. The van der Waals surface area contributed by atoms with Crippen molar-refractivity contribution < 1.29 is 21.4 Å². The van der Waals surface area contributed by atoms with E-state index in [2.05, 4.69) is 20.9 Å². The van der Waals surface area contributed by atoms with Gasteiger partial charge in [0.2, 0.25) is 5.88 Å². The smallest absolute Gasteiger partial charge is 0.358 e. The van der Waals surface area contributed by atoms with Crippen molar-refractivity contribution in [1.29, 1.82) is 0 Å². The van der Waals surface area contributed by atoms with E-state index < -0.39 is 15.4 Å². The van der Waals surface area contributed by atoms with Crippen LogP contribution in [-0.4, -0.2) is 29.2 Å². The van der Waals surface area contributed by atoms with Crippen molar-refractivity contribution in [3.05, 3.63) is 36.7 Å². The number of rotatable bonds is 7. The highest BCUT2D eigenvalue weighted by molar-refractivity contribution is 7.88. The average molecular weight is 333 g/mol. The predicted molar refractivity (Wildman–Crippen MR) is 79.6 cm³/mol.